The Morgan fingerprint density at radius 2 is 1.88 bits per heavy atom. The maximum atomic E-state index is 13.0. The maximum absolute atomic E-state index is 13.0. The molecule has 0 spiro atoms. The van der Waals surface area contributed by atoms with Crippen molar-refractivity contribution in [3.05, 3.63) is 89.0 Å². The minimum atomic E-state index is -0.581. The van der Waals surface area contributed by atoms with Gasteiger partial charge in [-0.05, 0) is 30.7 Å². The van der Waals surface area contributed by atoms with Crippen molar-refractivity contribution in [2.75, 3.05) is 7.05 Å². The number of carbonyl (C=O) groups is 2. The molecule has 0 aliphatic rings. The lowest BCUT2D eigenvalue weighted by Gasteiger charge is -2.28. The highest BCUT2D eigenvalue weighted by Crippen LogP contribution is 2.27. The highest BCUT2D eigenvalue weighted by Gasteiger charge is 2.26. The van der Waals surface area contributed by atoms with E-state index in [0.29, 0.717) is 5.69 Å². The molecule has 0 saturated carbocycles. The second-order valence-electron chi connectivity index (χ2n) is 6.15. The van der Waals surface area contributed by atoms with Gasteiger partial charge in [-0.3, -0.25) is 14.6 Å². The molecule has 26 heavy (non-hydrogen) atoms. The third-order valence-electron chi connectivity index (χ3n) is 4.27. The molecule has 0 bridgehead atoms. The average Bonchev–Trinajstić information content (AvgIpc) is 3.14. The summed E-state index contributed by atoms with van der Waals surface area (Å²) in [6.07, 6.45) is 3.14. The van der Waals surface area contributed by atoms with E-state index in [1.165, 1.54) is 12.3 Å². The number of nitrogens with one attached hydrogen (secondary N) is 1. The molecule has 3 aromatic rings. The van der Waals surface area contributed by atoms with Crippen LogP contribution in [0, 0.1) is 6.92 Å². The summed E-state index contributed by atoms with van der Waals surface area (Å²) in [7, 11) is 1.71. The lowest BCUT2D eigenvalue weighted by Crippen LogP contribution is -2.32. The lowest BCUT2D eigenvalue weighted by molar-refractivity contribution is 0.0747. The van der Waals surface area contributed by atoms with Crippen LogP contribution >= 0.6 is 0 Å². The summed E-state index contributed by atoms with van der Waals surface area (Å²) in [5.74, 6) is -0.837. The summed E-state index contributed by atoms with van der Waals surface area (Å²) < 4.78 is 0. The molecular weight excluding hydrogens is 328 g/mol. The zero-order chi connectivity index (χ0) is 18.7. The van der Waals surface area contributed by atoms with E-state index >= 15 is 0 Å². The first-order valence-corrected chi connectivity index (χ1v) is 8.20. The number of benzene rings is 1. The standard InChI is InChI=1S/C20H20N4O2/c1-13-6-8-14(9-7-13)18(16-5-3-4-10-22-16)24(2)20(26)17-11-15(12-23-17)19(21)25/h3-12,18,23H,1-2H3,(H2,21,25). The Labute approximate surface area is 151 Å². The van der Waals surface area contributed by atoms with Crippen LogP contribution in [0.3, 0.4) is 0 Å². The van der Waals surface area contributed by atoms with Crippen LogP contribution in [0.25, 0.3) is 0 Å². The first-order valence-electron chi connectivity index (χ1n) is 8.20. The number of aromatic nitrogens is 2. The first kappa shape index (κ1) is 17.4. The van der Waals surface area contributed by atoms with Crippen molar-refractivity contribution in [3.63, 3.8) is 0 Å². The molecule has 0 fully saturated rings. The Morgan fingerprint density at radius 3 is 2.46 bits per heavy atom. The molecule has 6 nitrogen and oxygen atoms in total. The van der Waals surface area contributed by atoms with Gasteiger partial charge in [-0.25, -0.2) is 0 Å². The van der Waals surface area contributed by atoms with Gasteiger partial charge in [-0.1, -0.05) is 35.9 Å². The Morgan fingerprint density at radius 1 is 1.15 bits per heavy atom. The SMILES string of the molecule is Cc1ccc(C(c2ccccn2)N(C)C(=O)c2cc(C(N)=O)c[nH]2)cc1. The van der Waals surface area contributed by atoms with E-state index in [0.717, 1.165) is 16.8 Å². The van der Waals surface area contributed by atoms with Gasteiger partial charge in [0.2, 0.25) is 5.91 Å². The third kappa shape index (κ3) is 3.49. The van der Waals surface area contributed by atoms with Gasteiger partial charge in [0, 0.05) is 19.4 Å². The van der Waals surface area contributed by atoms with E-state index < -0.39 is 5.91 Å². The van der Waals surface area contributed by atoms with Gasteiger partial charge < -0.3 is 15.6 Å². The summed E-state index contributed by atoms with van der Waals surface area (Å²) >= 11 is 0. The number of pyridine rings is 1. The first-order chi connectivity index (χ1) is 12.5. The van der Waals surface area contributed by atoms with Gasteiger partial charge in [0.25, 0.3) is 5.91 Å². The molecule has 1 unspecified atom stereocenters. The fourth-order valence-electron chi connectivity index (χ4n) is 2.85. The fourth-order valence-corrected chi connectivity index (χ4v) is 2.85. The highest BCUT2D eigenvalue weighted by atomic mass is 16.2. The van der Waals surface area contributed by atoms with Crippen LogP contribution in [0.4, 0.5) is 0 Å². The van der Waals surface area contributed by atoms with Crippen molar-refractivity contribution in [1.29, 1.82) is 0 Å². The number of H-pyrrole nitrogens is 1. The number of amides is 2. The molecular formula is C20H20N4O2. The van der Waals surface area contributed by atoms with Crippen LogP contribution < -0.4 is 5.73 Å². The molecule has 1 atom stereocenters. The zero-order valence-corrected chi connectivity index (χ0v) is 14.6. The second kappa shape index (κ2) is 7.23. The van der Waals surface area contributed by atoms with Crippen LogP contribution in [0.15, 0.2) is 60.9 Å². The number of aromatic amines is 1. The number of aryl methyl sites for hydroxylation is 1. The summed E-state index contributed by atoms with van der Waals surface area (Å²) in [4.78, 5) is 33.1. The smallest absolute Gasteiger partial charge is 0.270 e. The quantitative estimate of drug-likeness (QED) is 0.742. The van der Waals surface area contributed by atoms with Crippen LogP contribution in [0.1, 0.15) is 43.7 Å². The Bertz CT molecular complexity index is 916. The maximum Gasteiger partial charge on any atom is 0.270 e. The molecule has 2 aromatic heterocycles. The normalized spacial score (nSPS) is 11.8. The molecule has 0 saturated heterocycles. The van der Waals surface area contributed by atoms with Crippen LogP contribution in [-0.2, 0) is 0 Å². The topological polar surface area (TPSA) is 92.1 Å². The molecule has 2 heterocycles. The van der Waals surface area contributed by atoms with Gasteiger partial charge in [0.05, 0.1) is 17.3 Å². The molecule has 3 N–H and O–H groups in total. The number of primary amides is 1. The van der Waals surface area contributed by atoms with Crippen LogP contribution in [0.5, 0.6) is 0 Å². The average molecular weight is 348 g/mol. The van der Waals surface area contributed by atoms with Gasteiger partial charge in [-0.15, -0.1) is 0 Å². The van der Waals surface area contributed by atoms with E-state index in [-0.39, 0.29) is 17.5 Å². The summed E-state index contributed by atoms with van der Waals surface area (Å²) in [6, 6.07) is 14.7. The monoisotopic (exact) mass is 348 g/mol. The second-order valence-corrected chi connectivity index (χ2v) is 6.15. The third-order valence-corrected chi connectivity index (χ3v) is 4.27. The van der Waals surface area contributed by atoms with E-state index in [1.54, 1.807) is 18.1 Å². The summed E-state index contributed by atoms with van der Waals surface area (Å²) in [5.41, 5.74) is 8.68. The number of hydrogen-bond acceptors (Lipinski definition) is 3. The van der Waals surface area contributed by atoms with Crippen molar-refractivity contribution in [2.45, 2.75) is 13.0 Å². The highest BCUT2D eigenvalue weighted by molar-refractivity contribution is 5.98. The number of carbonyl (C=O) groups excluding carboxylic acids is 2. The summed E-state index contributed by atoms with van der Waals surface area (Å²) in [6.45, 7) is 2.01. The van der Waals surface area contributed by atoms with Crippen LogP contribution in [0.2, 0.25) is 0 Å². The number of nitrogens with two attached hydrogens (primary N) is 1. The van der Waals surface area contributed by atoms with Gasteiger partial charge >= 0.3 is 0 Å². The number of nitrogens with zero attached hydrogens (tertiary/aromatic N) is 2. The largest absolute Gasteiger partial charge is 0.366 e. The van der Waals surface area contributed by atoms with Crippen molar-refractivity contribution in [1.82, 2.24) is 14.9 Å². The Kier molecular flexibility index (Phi) is 4.84. The molecule has 3 rings (SSSR count). The Balaban J connectivity index is 1.98. The van der Waals surface area contributed by atoms with Crippen LogP contribution in [-0.4, -0.2) is 33.7 Å². The molecule has 132 valence electrons. The van der Waals surface area contributed by atoms with Crippen molar-refractivity contribution < 1.29 is 9.59 Å². The predicted molar refractivity (Wildman–Crippen MR) is 98.7 cm³/mol. The lowest BCUT2D eigenvalue weighted by atomic mass is 10.00. The summed E-state index contributed by atoms with van der Waals surface area (Å²) in [5, 5.41) is 0. The molecule has 2 amide bonds. The molecule has 0 radical (unpaired) electrons. The van der Waals surface area contributed by atoms with Gasteiger partial charge in [-0.2, -0.15) is 0 Å². The van der Waals surface area contributed by atoms with E-state index in [2.05, 4.69) is 9.97 Å². The van der Waals surface area contributed by atoms with Gasteiger partial charge in [0.15, 0.2) is 0 Å². The molecule has 0 aliphatic carbocycles. The minimum Gasteiger partial charge on any atom is -0.366 e. The minimum absolute atomic E-state index is 0.256. The fraction of sp³-hybridized carbons (Fsp3) is 0.150. The zero-order valence-electron chi connectivity index (χ0n) is 14.6. The van der Waals surface area contributed by atoms with Gasteiger partial charge in [0.1, 0.15) is 5.69 Å². The van der Waals surface area contributed by atoms with E-state index in [9.17, 15) is 9.59 Å². The molecule has 0 aliphatic heterocycles. The number of hydrogen-bond donors (Lipinski definition) is 2. The van der Waals surface area contributed by atoms with Crippen molar-refractivity contribution >= 4 is 11.8 Å². The van der Waals surface area contributed by atoms with Crippen molar-refractivity contribution in [2.24, 2.45) is 5.73 Å². The Hall–Kier alpha value is -3.41. The van der Waals surface area contributed by atoms with Crippen molar-refractivity contribution in [3.8, 4) is 0 Å². The molecule has 6 heteroatoms. The van der Waals surface area contributed by atoms with E-state index in [1.807, 2.05) is 49.4 Å². The predicted octanol–water partition coefficient (Wildman–Crippen LogP) is 2.68. The van der Waals surface area contributed by atoms with E-state index in [4.69, 9.17) is 5.73 Å². The molecule has 1 aromatic carbocycles. The number of rotatable bonds is 5.